The maximum Gasteiger partial charge on any atom is 0.227 e. The van der Waals surface area contributed by atoms with Crippen molar-refractivity contribution in [1.29, 1.82) is 0 Å². The first-order valence-electron chi connectivity index (χ1n) is 5.08. The molecule has 4 heteroatoms. The van der Waals surface area contributed by atoms with Gasteiger partial charge in [0.2, 0.25) is 5.91 Å². The number of amides is 1. The number of rotatable bonds is 3. The summed E-state index contributed by atoms with van der Waals surface area (Å²) in [5.74, 6) is 1.22. The van der Waals surface area contributed by atoms with Gasteiger partial charge >= 0.3 is 0 Å². The van der Waals surface area contributed by atoms with Crippen LogP contribution in [0.2, 0.25) is 0 Å². The summed E-state index contributed by atoms with van der Waals surface area (Å²) in [4.78, 5) is 11.6. The molecule has 3 atom stereocenters. The molecule has 3 nitrogen and oxygen atoms in total. The van der Waals surface area contributed by atoms with E-state index in [2.05, 4.69) is 31.4 Å². The molecule has 0 heterocycles. The summed E-state index contributed by atoms with van der Waals surface area (Å²) >= 11 is 4.68. The highest BCUT2D eigenvalue weighted by Gasteiger charge is 2.30. The second-order valence-electron chi connectivity index (χ2n) is 4.23. The Kier molecular flexibility index (Phi) is 3.86. The molecule has 1 rings (SSSR count). The molecular formula is C10H18N2OS. The Morgan fingerprint density at radius 2 is 2.14 bits per heavy atom. The molecule has 14 heavy (non-hydrogen) atoms. The van der Waals surface area contributed by atoms with Crippen molar-refractivity contribution in [1.82, 2.24) is 5.32 Å². The fourth-order valence-electron chi connectivity index (χ4n) is 1.98. The Hall–Kier alpha value is -0.640. The molecule has 0 aromatic heterocycles. The summed E-state index contributed by atoms with van der Waals surface area (Å²) in [5.41, 5.74) is 5.30. The van der Waals surface area contributed by atoms with Gasteiger partial charge in [0, 0.05) is 6.04 Å². The third-order valence-electron chi connectivity index (χ3n) is 3.15. The lowest BCUT2D eigenvalue weighted by atomic mass is 9.98. The maximum absolute atomic E-state index is 11.4. The van der Waals surface area contributed by atoms with Crippen molar-refractivity contribution >= 4 is 23.1 Å². The van der Waals surface area contributed by atoms with Gasteiger partial charge < -0.3 is 11.1 Å². The lowest BCUT2D eigenvalue weighted by molar-refractivity contribution is -0.120. The molecular weight excluding hydrogens is 196 g/mol. The predicted octanol–water partition coefficient (Wildman–Crippen LogP) is 1.21. The van der Waals surface area contributed by atoms with Gasteiger partial charge in [0.25, 0.3) is 0 Å². The predicted molar refractivity (Wildman–Crippen MR) is 60.9 cm³/mol. The minimum absolute atomic E-state index is 0.0385. The summed E-state index contributed by atoms with van der Waals surface area (Å²) in [5, 5.41) is 2.98. The number of carbonyl (C=O) groups excluding carboxylic acids is 1. The van der Waals surface area contributed by atoms with Crippen LogP contribution in [0, 0.1) is 11.8 Å². The average molecular weight is 214 g/mol. The molecule has 1 saturated carbocycles. The molecule has 3 unspecified atom stereocenters. The van der Waals surface area contributed by atoms with Crippen LogP contribution >= 0.6 is 12.2 Å². The normalized spacial score (nSPS) is 31.4. The Morgan fingerprint density at radius 1 is 1.50 bits per heavy atom. The van der Waals surface area contributed by atoms with Crippen LogP contribution in [0.5, 0.6) is 0 Å². The van der Waals surface area contributed by atoms with Crippen LogP contribution in [0.1, 0.15) is 33.1 Å². The monoisotopic (exact) mass is 214 g/mol. The largest absolute Gasteiger partial charge is 0.393 e. The van der Waals surface area contributed by atoms with Gasteiger partial charge in [-0.2, -0.15) is 0 Å². The van der Waals surface area contributed by atoms with Gasteiger partial charge in [-0.05, 0) is 24.7 Å². The van der Waals surface area contributed by atoms with Gasteiger partial charge in [0.15, 0.2) is 0 Å². The van der Waals surface area contributed by atoms with Gasteiger partial charge in [-0.15, -0.1) is 0 Å². The fraction of sp³-hybridized carbons (Fsp3) is 0.800. The second-order valence-corrected chi connectivity index (χ2v) is 4.76. The van der Waals surface area contributed by atoms with Crippen molar-refractivity contribution in [3.63, 3.8) is 0 Å². The first-order chi connectivity index (χ1) is 6.50. The molecule has 0 radical (unpaired) electrons. The molecule has 1 aliphatic carbocycles. The average Bonchev–Trinajstić information content (AvgIpc) is 2.34. The first kappa shape index (κ1) is 11.4. The third-order valence-corrected chi connectivity index (χ3v) is 3.29. The molecule has 0 saturated heterocycles. The van der Waals surface area contributed by atoms with Gasteiger partial charge in [0.05, 0.1) is 11.4 Å². The molecule has 0 spiro atoms. The van der Waals surface area contributed by atoms with E-state index in [1.165, 1.54) is 6.42 Å². The van der Waals surface area contributed by atoms with Crippen molar-refractivity contribution in [3.05, 3.63) is 0 Å². The SMILES string of the molecule is CC1CCC(NC(=O)CC(N)=S)C1C. The van der Waals surface area contributed by atoms with E-state index in [9.17, 15) is 4.79 Å². The van der Waals surface area contributed by atoms with Crippen LogP contribution in [0.25, 0.3) is 0 Å². The van der Waals surface area contributed by atoms with E-state index in [4.69, 9.17) is 5.73 Å². The van der Waals surface area contributed by atoms with Gasteiger partial charge in [-0.3, -0.25) is 4.79 Å². The zero-order valence-corrected chi connectivity index (χ0v) is 9.56. The van der Waals surface area contributed by atoms with Crippen molar-refractivity contribution in [3.8, 4) is 0 Å². The van der Waals surface area contributed by atoms with Crippen LogP contribution in [-0.2, 0) is 4.79 Å². The zero-order valence-electron chi connectivity index (χ0n) is 8.75. The first-order valence-corrected chi connectivity index (χ1v) is 5.49. The Bertz CT molecular complexity index is 242. The van der Waals surface area contributed by atoms with E-state index in [0.717, 1.165) is 6.42 Å². The summed E-state index contributed by atoms with van der Waals surface area (Å²) in [7, 11) is 0. The Balaban J connectivity index is 2.37. The number of carbonyl (C=O) groups is 1. The molecule has 0 aliphatic heterocycles. The summed E-state index contributed by atoms with van der Waals surface area (Å²) < 4.78 is 0. The highest BCUT2D eigenvalue weighted by molar-refractivity contribution is 7.80. The number of nitrogens with one attached hydrogen (secondary N) is 1. The van der Waals surface area contributed by atoms with E-state index < -0.39 is 0 Å². The standard InChI is InChI=1S/C10H18N2OS/c1-6-3-4-8(7(6)2)12-10(13)5-9(11)14/h6-8H,3-5H2,1-2H3,(H2,11,14)(H,12,13). The van der Waals surface area contributed by atoms with Crippen molar-refractivity contribution in [2.75, 3.05) is 0 Å². The number of thiocarbonyl (C=S) groups is 1. The van der Waals surface area contributed by atoms with E-state index >= 15 is 0 Å². The molecule has 0 bridgehead atoms. The molecule has 1 aliphatic rings. The number of hydrogen-bond donors (Lipinski definition) is 2. The summed E-state index contributed by atoms with van der Waals surface area (Å²) in [6.45, 7) is 4.41. The molecule has 0 aromatic carbocycles. The number of nitrogens with two attached hydrogens (primary N) is 1. The zero-order chi connectivity index (χ0) is 10.7. The highest BCUT2D eigenvalue weighted by atomic mass is 32.1. The fourth-order valence-corrected chi connectivity index (χ4v) is 2.12. The van der Waals surface area contributed by atoms with Gasteiger partial charge in [-0.25, -0.2) is 0 Å². The molecule has 1 fully saturated rings. The van der Waals surface area contributed by atoms with Gasteiger partial charge in [-0.1, -0.05) is 26.1 Å². The van der Waals surface area contributed by atoms with E-state index in [1.807, 2.05) is 0 Å². The quantitative estimate of drug-likeness (QED) is 0.694. The Morgan fingerprint density at radius 3 is 2.57 bits per heavy atom. The van der Waals surface area contributed by atoms with E-state index in [-0.39, 0.29) is 17.3 Å². The van der Waals surface area contributed by atoms with E-state index in [0.29, 0.717) is 17.9 Å². The maximum atomic E-state index is 11.4. The summed E-state index contributed by atoms with van der Waals surface area (Å²) in [6, 6.07) is 0.312. The molecule has 80 valence electrons. The van der Waals surface area contributed by atoms with Crippen LogP contribution in [0.4, 0.5) is 0 Å². The van der Waals surface area contributed by atoms with E-state index in [1.54, 1.807) is 0 Å². The van der Waals surface area contributed by atoms with Crippen molar-refractivity contribution in [2.24, 2.45) is 17.6 Å². The van der Waals surface area contributed by atoms with Crippen LogP contribution in [0.15, 0.2) is 0 Å². The minimum Gasteiger partial charge on any atom is -0.393 e. The van der Waals surface area contributed by atoms with Crippen LogP contribution < -0.4 is 11.1 Å². The van der Waals surface area contributed by atoms with Crippen molar-refractivity contribution in [2.45, 2.75) is 39.2 Å². The smallest absolute Gasteiger partial charge is 0.227 e. The third kappa shape index (κ3) is 2.94. The Labute approximate surface area is 90.4 Å². The highest BCUT2D eigenvalue weighted by Crippen LogP contribution is 2.30. The summed E-state index contributed by atoms with van der Waals surface area (Å²) in [6.07, 6.45) is 2.44. The minimum atomic E-state index is -0.0385. The molecule has 3 N–H and O–H groups in total. The lowest BCUT2D eigenvalue weighted by Crippen LogP contribution is -2.38. The topological polar surface area (TPSA) is 55.1 Å². The van der Waals surface area contributed by atoms with Crippen LogP contribution in [-0.4, -0.2) is 16.9 Å². The van der Waals surface area contributed by atoms with Crippen molar-refractivity contribution < 1.29 is 4.79 Å². The van der Waals surface area contributed by atoms with Crippen LogP contribution in [0.3, 0.4) is 0 Å². The lowest BCUT2D eigenvalue weighted by Gasteiger charge is -2.19. The number of hydrogen-bond acceptors (Lipinski definition) is 2. The molecule has 1 amide bonds. The second kappa shape index (κ2) is 4.73. The molecule has 0 aromatic rings. The van der Waals surface area contributed by atoms with Gasteiger partial charge in [0.1, 0.15) is 0 Å².